The van der Waals surface area contributed by atoms with Crippen LogP contribution in [0.2, 0.25) is 0 Å². The van der Waals surface area contributed by atoms with E-state index in [4.69, 9.17) is 14.6 Å². The van der Waals surface area contributed by atoms with Gasteiger partial charge in [0, 0.05) is 31.3 Å². The number of likely N-dealkylation sites (N-methyl/N-ethyl adjacent to an activating group) is 1. The fraction of sp³-hybridized carbons (Fsp3) is 0.667. The minimum atomic E-state index is -0.805. The molecule has 1 aromatic carbocycles. The van der Waals surface area contributed by atoms with Gasteiger partial charge in [-0.2, -0.15) is 0 Å². The second kappa shape index (κ2) is 6.08. The largest absolute Gasteiger partial charge is 0.504 e. The van der Waals surface area contributed by atoms with Gasteiger partial charge in [-0.3, -0.25) is 4.79 Å². The van der Waals surface area contributed by atoms with Gasteiger partial charge in [0.25, 0.3) is 0 Å². The van der Waals surface area contributed by atoms with Crippen molar-refractivity contribution in [3.63, 3.8) is 0 Å². The molecule has 7 nitrogen and oxygen atoms in total. The normalized spacial score (nSPS) is 38.0. The maximum atomic E-state index is 11.0. The molecule has 2 fully saturated rings. The molecule has 0 aromatic heterocycles. The van der Waals surface area contributed by atoms with Crippen LogP contribution < -0.4 is 10.1 Å². The number of hydrogen-bond donors (Lipinski definition) is 3. The number of nitrogens with zero attached hydrogens (tertiary/aromatic N) is 1. The average molecular weight is 388 g/mol. The lowest BCUT2D eigenvalue weighted by Crippen LogP contribution is -2.78. The van der Waals surface area contributed by atoms with Gasteiger partial charge in [0.05, 0.1) is 17.4 Å². The van der Waals surface area contributed by atoms with E-state index in [-0.39, 0.29) is 41.4 Å². The van der Waals surface area contributed by atoms with E-state index in [1.807, 2.05) is 13.2 Å². The SMILES string of the molecule is CO[C@@]12CC[C@@H](NCCC(=O)O)[C@@H]3Oc4c(O)ccc5c4C31CCN(C)C2C5. The molecule has 1 saturated heterocycles. The minimum absolute atomic E-state index is 0.0319. The highest BCUT2D eigenvalue weighted by Gasteiger charge is 2.73. The molecule has 1 aromatic rings. The number of phenols is 1. The number of carbonyl (C=O) groups is 1. The van der Waals surface area contributed by atoms with Crippen LogP contribution in [0.25, 0.3) is 0 Å². The van der Waals surface area contributed by atoms with Crippen LogP contribution in [0, 0.1) is 0 Å². The van der Waals surface area contributed by atoms with Gasteiger partial charge in [-0.1, -0.05) is 6.07 Å². The maximum absolute atomic E-state index is 11.0. The highest BCUT2D eigenvalue weighted by atomic mass is 16.5. The highest BCUT2D eigenvalue weighted by Crippen LogP contribution is 2.66. The fourth-order valence-corrected chi connectivity index (χ4v) is 6.71. The zero-order valence-corrected chi connectivity index (χ0v) is 16.4. The zero-order valence-electron chi connectivity index (χ0n) is 16.4. The first-order valence-corrected chi connectivity index (χ1v) is 10.2. The Morgan fingerprint density at radius 1 is 1.43 bits per heavy atom. The third-order valence-electron chi connectivity index (χ3n) is 7.80. The van der Waals surface area contributed by atoms with E-state index in [0.717, 1.165) is 37.8 Å². The molecule has 2 aliphatic heterocycles. The summed E-state index contributed by atoms with van der Waals surface area (Å²) in [7, 11) is 3.99. The topological polar surface area (TPSA) is 91.3 Å². The summed E-state index contributed by atoms with van der Waals surface area (Å²) in [6.07, 6.45) is 3.45. The van der Waals surface area contributed by atoms with Crippen molar-refractivity contribution in [2.24, 2.45) is 0 Å². The van der Waals surface area contributed by atoms with Crippen LogP contribution >= 0.6 is 0 Å². The highest BCUT2D eigenvalue weighted by molar-refractivity contribution is 5.67. The number of methoxy groups -OCH3 is 1. The van der Waals surface area contributed by atoms with E-state index in [1.165, 1.54) is 5.56 Å². The molecule has 7 heteroatoms. The number of piperidine rings is 1. The third-order valence-corrected chi connectivity index (χ3v) is 7.80. The van der Waals surface area contributed by atoms with Crippen molar-refractivity contribution in [3.05, 3.63) is 23.3 Å². The van der Waals surface area contributed by atoms with Crippen molar-refractivity contribution in [3.8, 4) is 11.5 Å². The summed E-state index contributed by atoms with van der Waals surface area (Å²) in [6.45, 7) is 1.36. The number of carboxylic acids is 1. The Bertz CT molecular complexity index is 829. The monoisotopic (exact) mass is 388 g/mol. The number of aromatic hydroxyl groups is 1. The summed E-state index contributed by atoms with van der Waals surface area (Å²) < 4.78 is 12.9. The average Bonchev–Trinajstić information content (AvgIpc) is 3.03. The Balaban J connectivity index is 1.64. The standard InChI is InChI=1S/C21H28N2O5/c1-23-10-8-20-17-12-3-4-14(24)18(17)28-19(20)13(22-9-6-16(25)26)5-7-21(20,27-2)15(23)11-12/h3-4,13,15,19,22,24H,5-11H2,1-2H3,(H,25,26)/t13-,15?,19+,20?,21-/m1/s1. The number of aliphatic carboxylic acids is 1. The van der Waals surface area contributed by atoms with Crippen LogP contribution in [-0.4, -0.2) is 72.1 Å². The fourth-order valence-electron chi connectivity index (χ4n) is 6.71. The summed E-state index contributed by atoms with van der Waals surface area (Å²) in [6, 6.07) is 4.07. The zero-order chi connectivity index (χ0) is 19.7. The number of nitrogens with one attached hydrogen (secondary N) is 1. The summed E-state index contributed by atoms with van der Waals surface area (Å²) >= 11 is 0. The first kappa shape index (κ1) is 18.2. The van der Waals surface area contributed by atoms with Crippen molar-refractivity contribution in [1.29, 1.82) is 0 Å². The van der Waals surface area contributed by atoms with Crippen molar-refractivity contribution in [2.45, 2.75) is 61.3 Å². The van der Waals surface area contributed by atoms with Crippen LogP contribution in [0.15, 0.2) is 12.1 Å². The van der Waals surface area contributed by atoms with Gasteiger partial charge in [-0.25, -0.2) is 0 Å². The van der Waals surface area contributed by atoms with Crippen LogP contribution in [0.4, 0.5) is 0 Å². The molecule has 152 valence electrons. The number of rotatable bonds is 5. The number of benzene rings is 1. The van der Waals surface area contributed by atoms with Crippen LogP contribution in [0.3, 0.4) is 0 Å². The number of hydrogen-bond acceptors (Lipinski definition) is 6. The molecule has 1 spiro atoms. The predicted octanol–water partition coefficient (Wildman–Crippen LogP) is 1.26. The van der Waals surface area contributed by atoms with E-state index >= 15 is 0 Å². The van der Waals surface area contributed by atoms with E-state index in [1.54, 1.807) is 6.07 Å². The van der Waals surface area contributed by atoms with Crippen molar-refractivity contribution in [2.75, 3.05) is 27.2 Å². The molecular formula is C21H28N2O5. The molecule has 1 saturated carbocycles. The van der Waals surface area contributed by atoms with E-state index < -0.39 is 5.97 Å². The third kappa shape index (κ3) is 2.07. The molecule has 2 heterocycles. The lowest BCUT2D eigenvalue weighted by Gasteiger charge is -2.65. The Labute approximate surface area is 164 Å². The Morgan fingerprint density at radius 2 is 2.25 bits per heavy atom. The van der Waals surface area contributed by atoms with E-state index in [9.17, 15) is 9.90 Å². The molecule has 2 unspecified atom stereocenters. The summed E-state index contributed by atoms with van der Waals surface area (Å²) in [5, 5.41) is 23.0. The van der Waals surface area contributed by atoms with Crippen LogP contribution in [0.5, 0.6) is 11.5 Å². The number of carboxylic acid groups (broad SMARTS) is 1. The van der Waals surface area contributed by atoms with Gasteiger partial charge in [-0.15, -0.1) is 0 Å². The second-order valence-corrected chi connectivity index (χ2v) is 8.74. The van der Waals surface area contributed by atoms with Gasteiger partial charge in [-0.05, 0) is 50.9 Å². The maximum Gasteiger partial charge on any atom is 0.304 e. The van der Waals surface area contributed by atoms with Gasteiger partial charge in [0.2, 0.25) is 0 Å². The Morgan fingerprint density at radius 3 is 3.00 bits per heavy atom. The number of phenolic OH excluding ortho intramolecular Hbond substituents is 1. The summed E-state index contributed by atoms with van der Waals surface area (Å²) in [5.41, 5.74) is 1.70. The van der Waals surface area contributed by atoms with Crippen molar-refractivity contribution >= 4 is 5.97 Å². The molecule has 28 heavy (non-hydrogen) atoms. The molecular weight excluding hydrogens is 360 g/mol. The van der Waals surface area contributed by atoms with Gasteiger partial charge in [0.1, 0.15) is 6.10 Å². The van der Waals surface area contributed by atoms with E-state index in [0.29, 0.717) is 12.3 Å². The van der Waals surface area contributed by atoms with Crippen LogP contribution in [0.1, 0.15) is 36.8 Å². The number of ether oxygens (including phenoxy) is 2. The minimum Gasteiger partial charge on any atom is -0.504 e. The molecule has 0 radical (unpaired) electrons. The van der Waals surface area contributed by atoms with Crippen molar-refractivity contribution < 1.29 is 24.5 Å². The molecule has 5 rings (SSSR count). The second-order valence-electron chi connectivity index (χ2n) is 8.74. The Kier molecular flexibility index (Phi) is 3.96. The first-order chi connectivity index (χ1) is 13.4. The van der Waals surface area contributed by atoms with Gasteiger partial charge in [0.15, 0.2) is 11.5 Å². The lowest BCUT2D eigenvalue weighted by atomic mass is 9.48. The predicted molar refractivity (Wildman–Crippen MR) is 102 cm³/mol. The first-order valence-electron chi connectivity index (χ1n) is 10.2. The van der Waals surface area contributed by atoms with Gasteiger partial charge < -0.3 is 29.9 Å². The smallest absolute Gasteiger partial charge is 0.304 e. The molecule has 2 aliphatic carbocycles. The molecule has 5 atom stereocenters. The molecule has 0 amide bonds. The quantitative estimate of drug-likeness (QED) is 0.700. The number of likely N-dealkylation sites (tertiary alicyclic amines) is 1. The molecule has 3 N–H and O–H groups in total. The van der Waals surface area contributed by atoms with Crippen molar-refractivity contribution in [1.82, 2.24) is 10.2 Å². The Hall–Kier alpha value is -1.83. The summed E-state index contributed by atoms with van der Waals surface area (Å²) in [4.78, 5) is 13.4. The van der Waals surface area contributed by atoms with Gasteiger partial charge >= 0.3 is 5.97 Å². The van der Waals surface area contributed by atoms with Crippen LogP contribution in [-0.2, 0) is 21.4 Å². The molecule has 2 bridgehead atoms. The van der Waals surface area contributed by atoms with E-state index in [2.05, 4.69) is 17.3 Å². The lowest BCUT2D eigenvalue weighted by molar-refractivity contribution is -0.203. The summed E-state index contributed by atoms with van der Waals surface area (Å²) in [5.74, 6) is -0.00616. The molecule has 4 aliphatic rings.